The van der Waals surface area contributed by atoms with Gasteiger partial charge in [-0.05, 0) is 54.4 Å². The van der Waals surface area contributed by atoms with Gasteiger partial charge in [0.15, 0.2) is 17.3 Å². The molecular formula is C22H22FN3O4. The Labute approximate surface area is 173 Å². The topological polar surface area (TPSA) is 92.6 Å². The average molecular weight is 411 g/mol. The number of hydrogen-bond donors (Lipinski definition) is 3. The lowest BCUT2D eigenvalue weighted by Gasteiger charge is -2.16. The molecular weight excluding hydrogens is 389 g/mol. The van der Waals surface area contributed by atoms with Gasteiger partial charge >= 0.3 is 6.03 Å². The van der Waals surface area contributed by atoms with E-state index in [1.807, 2.05) is 6.07 Å². The molecule has 0 aliphatic carbocycles. The zero-order valence-corrected chi connectivity index (χ0v) is 16.6. The van der Waals surface area contributed by atoms with Crippen molar-refractivity contribution < 1.29 is 23.1 Å². The van der Waals surface area contributed by atoms with Crippen molar-refractivity contribution in [2.75, 3.05) is 12.4 Å². The Morgan fingerprint density at radius 3 is 2.67 bits per heavy atom. The highest BCUT2D eigenvalue weighted by Crippen LogP contribution is 2.21. The third kappa shape index (κ3) is 5.38. The second-order valence-corrected chi connectivity index (χ2v) is 6.57. The molecule has 30 heavy (non-hydrogen) atoms. The van der Waals surface area contributed by atoms with Crippen LogP contribution in [0.4, 0.5) is 14.9 Å². The first kappa shape index (κ1) is 20.9. The van der Waals surface area contributed by atoms with Gasteiger partial charge < -0.3 is 25.1 Å². The minimum atomic E-state index is -0.488. The number of carbonyl (C=O) groups is 2. The molecule has 156 valence electrons. The van der Waals surface area contributed by atoms with Gasteiger partial charge in [-0.25, -0.2) is 9.18 Å². The molecule has 0 saturated carbocycles. The summed E-state index contributed by atoms with van der Waals surface area (Å²) in [5, 5.41) is 8.24. The summed E-state index contributed by atoms with van der Waals surface area (Å²) in [4.78, 5) is 24.3. The zero-order valence-electron chi connectivity index (χ0n) is 16.6. The maximum Gasteiger partial charge on any atom is 0.315 e. The van der Waals surface area contributed by atoms with Gasteiger partial charge in [0.25, 0.3) is 5.91 Å². The number of amides is 3. The van der Waals surface area contributed by atoms with E-state index in [0.717, 1.165) is 5.56 Å². The molecule has 3 aromatic rings. The number of furan rings is 1. The fourth-order valence-corrected chi connectivity index (χ4v) is 2.82. The Bertz CT molecular complexity index is 1020. The monoisotopic (exact) mass is 411 g/mol. The standard InChI is InChI=1S/C22H22FN3O4/c1-14(16-8-9-19(29-2)18(23)12-16)25-22(28)24-13-15-5-3-6-17(11-15)26-21(27)20-7-4-10-30-20/h3-12,14H,13H2,1-2H3,(H,26,27)(H2,24,25,28)/t14-/m1/s1. The molecule has 1 heterocycles. The van der Waals surface area contributed by atoms with Crippen LogP contribution >= 0.6 is 0 Å². The van der Waals surface area contributed by atoms with Crippen LogP contribution in [-0.4, -0.2) is 19.0 Å². The van der Waals surface area contributed by atoms with E-state index in [0.29, 0.717) is 11.3 Å². The van der Waals surface area contributed by atoms with Gasteiger partial charge in [-0.3, -0.25) is 4.79 Å². The van der Waals surface area contributed by atoms with E-state index in [2.05, 4.69) is 16.0 Å². The van der Waals surface area contributed by atoms with Gasteiger partial charge in [0.05, 0.1) is 19.4 Å². The molecule has 0 radical (unpaired) electrons. The normalized spacial score (nSPS) is 11.4. The van der Waals surface area contributed by atoms with Gasteiger partial charge in [0.1, 0.15) is 0 Å². The highest BCUT2D eigenvalue weighted by Gasteiger charge is 2.13. The summed E-state index contributed by atoms with van der Waals surface area (Å²) in [6.45, 7) is 2.01. The number of nitrogens with one attached hydrogen (secondary N) is 3. The summed E-state index contributed by atoms with van der Waals surface area (Å²) in [5.74, 6) is -0.489. The molecule has 8 heteroatoms. The second-order valence-electron chi connectivity index (χ2n) is 6.57. The first-order valence-corrected chi connectivity index (χ1v) is 9.28. The molecule has 1 atom stereocenters. The summed E-state index contributed by atoms with van der Waals surface area (Å²) in [7, 11) is 1.39. The van der Waals surface area contributed by atoms with Crippen LogP contribution in [0, 0.1) is 5.82 Å². The van der Waals surface area contributed by atoms with Crippen molar-refractivity contribution >= 4 is 17.6 Å². The number of halogens is 1. The van der Waals surface area contributed by atoms with E-state index in [9.17, 15) is 14.0 Å². The quantitative estimate of drug-likeness (QED) is 0.542. The van der Waals surface area contributed by atoms with E-state index in [4.69, 9.17) is 9.15 Å². The Morgan fingerprint density at radius 2 is 1.97 bits per heavy atom. The fraction of sp³-hybridized carbons (Fsp3) is 0.182. The van der Waals surface area contributed by atoms with Crippen molar-refractivity contribution in [3.63, 3.8) is 0 Å². The highest BCUT2D eigenvalue weighted by atomic mass is 19.1. The lowest BCUT2D eigenvalue weighted by molar-refractivity contribution is 0.0996. The van der Waals surface area contributed by atoms with Crippen molar-refractivity contribution in [2.45, 2.75) is 19.5 Å². The number of methoxy groups -OCH3 is 1. The number of carbonyl (C=O) groups excluding carboxylic acids is 2. The number of anilines is 1. The smallest absolute Gasteiger partial charge is 0.315 e. The van der Waals surface area contributed by atoms with Crippen LogP contribution in [-0.2, 0) is 6.54 Å². The van der Waals surface area contributed by atoms with Crippen LogP contribution in [0.5, 0.6) is 5.75 Å². The molecule has 0 unspecified atom stereocenters. The van der Waals surface area contributed by atoms with E-state index < -0.39 is 17.9 Å². The molecule has 3 N–H and O–H groups in total. The van der Waals surface area contributed by atoms with Gasteiger partial charge in [0.2, 0.25) is 0 Å². The van der Waals surface area contributed by atoms with Crippen molar-refractivity contribution in [3.05, 3.63) is 83.6 Å². The molecule has 0 aliphatic rings. The molecule has 0 spiro atoms. The van der Waals surface area contributed by atoms with Gasteiger partial charge in [-0.1, -0.05) is 18.2 Å². The van der Waals surface area contributed by atoms with Crippen LogP contribution in [0.3, 0.4) is 0 Å². The summed E-state index contributed by atoms with van der Waals surface area (Å²) in [6, 6.07) is 14.0. The largest absolute Gasteiger partial charge is 0.494 e. The third-order valence-corrected chi connectivity index (χ3v) is 4.41. The van der Waals surface area contributed by atoms with Gasteiger partial charge in [0, 0.05) is 12.2 Å². The maximum atomic E-state index is 13.8. The molecule has 0 fully saturated rings. The number of urea groups is 1. The first-order valence-electron chi connectivity index (χ1n) is 9.28. The van der Waals surface area contributed by atoms with Crippen molar-refractivity contribution in [2.24, 2.45) is 0 Å². The summed E-state index contributed by atoms with van der Waals surface area (Å²) >= 11 is 0. The molecule has 3 rings (SSSR count). The molecule has 2 aromatic carbocycles. The SMILES string of the molecule is COc1ccc([C@@H](C)NC(=O)NCc2cccc(NC(=O)c3ccco3)c2)cc1F. The molecule has 3 amide bonds. The summed E-state index contributed by atoms with van der Waals surface area (Å²) in [5.41, 5.74) is 2.00. The predicted molar refractivity (Wildman–Crippen MR) is 110 cm³/mol. The van der Waals surface area contributed by atoms with E-state index in [1.165, 1.54) is 25.5 Å². The summed E-state index contributed by atoms with van der Waals surface area (Å²) in [6.07, 6.45) is 1.43. The zero-order chi connectivity index (χ0) is 21.5. The van der Waals surface area contributed by atoms with Crippen LogP contribution < -0.4 is 20.7 Å². The van der Waals surface area contributed by atoms with E-state index >= 15 is 0 Å². The number of benzene rings is 2. The Balaban J connectivity index is 1.53. The lowest BCUT2D eigenvalue weighted by atomic mass is 10.1. The Hall–Kier alpha value is -3.81. The molecule has 0 saturated heterocycles. The minimum Gasteiger partial charge on any atom is -0.494 e. The van der Waals surface area contributed by atoms with Gasteiger partial charge in [-0.2, -0.15) is 0 Å². The third-order valence-electron chi connectivity index (χ3n) is 4.41. The minimum absolute atomic E-state index is 0.148. The summed E-state index contributed by atoms with van der Waals surface area (Å²) < 4.78 is 23.8. The van der Waals surface area contributed by atoms with E-state index in [1.54, 1.807) is 43.3 Å². The molecule has 1 aromatic heterocycles. The van der Waals surface area contributed by atoms with Crippen LogP contribution in [0.2, 0.25) is 0 Å². The van der Waals surface area contributed by atoms with Crippen molar-refractivity contribution in [1.29, 1.82) is 0 Å². The predicted octanol–water partition coefficient (Wildman–Crippen LogP) is 4.24. The Kier molecular flexibility index (Phi) is 6.69. The van der Waals surface area contributed by atoms with Crippen LogP contribution in [0.15, 0.2) is 65.3 Å². The van der Waals surface area contributed by atoms with Crippen molar-refractivity contribution in [1.82, 2.24) is 10.6 Å². The average Bonchev–Trinajstić information content (AvgIpc) is 3.27. The maximum absolute atomic E-state index is 13.8. The Morgan fingerprint density at radius 1 is 1.13 bits per heavy atom. The van der Waals surface area contributed by atoms with Gasteiger partial charge in [-0.15, -0.1) is 0 Å². The first-order chi connectivity index (χ1) is 14.5. The molecule has 0 aliphatic heterocycles. The van der Waals surface area contributed by atoms with Crippen LogP contribution in [0.25, 0.3) is 0 Å². The number of rotatable bonds is 7. The number of hydrogen-bond acceptors (Lipinski definition) is 4. The molecule has 0 bridgehead atoms. The van der Waals surface area contributed by atoms with Crippen LogP contribution in [0.1, 0.15) is 34.6 Å². The highest BCUT2D eigenvalue weighted by molar-refractivity contribution is 6.02. The van der Waals surface area contributed by atoms with Crippen molar-refractivity contribution in [3.8, 4) is 5.75 Å². The second kappa shape index (κ2) is 9.60. The number of ether oxygens (including phenoxy) is 1. The fourth-order valence-electron chi connectivity index (χ4n) is 2.82. The molecule has 7 nitrogen and oxygen atoms in total. The lowest BCUT2D eigenvalue weighted by Crippen LogP contribution is -2.36. The van der Waals surface area contributed by atoms with E-state index in [-0.39, 0.29) is 24.0 Å².